The van der Waals surface area contributed by atoms with Gasteiger partial charge in [0.05, 0.1) is 12.8 Å². The summed E-state index contributed by atoms with van der Waals surface area (Å²) in [4.78, 5) is 12.8. The third kappa shape index (κ3) is 1.91. The Kier molecular flexibility index (Phi) is 2.84. The predicted octanol–water partition coefficient (Wildman–Crippen LogP) is -0.460. The largest absolute Gasteiger partial charge is 0.369 e. The lowest BCUT2D eigenvalue weighted by Gasteiger charge is -2.19. The maximum atomic E-state index is 10.8. The Morgan fingerprint density at radius 3 is 3.09 bits per heavy atom. The second kappa shape index (κ2) is 3.69. The van der Waals surface area contributed by atoms with Crippen LogP contribution in [0.3, 0.4) is 0 Å². The average Bonchev–Trinajstić information content (AvgIpc) is 2.36. The minimum absolute atomic E-state index is 0.102. The number of nitrogens with zero attached hydrogens (tertiary/aromatic N) is 1. The third-order valence-corrected chi connectivity index (χ3v) is 1.99. The summed E-state index contributed by atoms with van der Waals surface area (Å²) in [5.74, 6) is -0.237. The molecule has 1 saturated heterocycles. The van der Waals surface area contributed by atoms with Crippen LogP contribution in [0.15, 0.2) is 0 Å². The van der Waals surface area contributed by atoms with Gasteiger partial charge in [0, 0.05) is 13.7 Å². The Bertz CT molecular complexity index is 149. The summed E-state index contributed by atoms with van der Waals surface area (Å²) in [6.07, 6.45) is 1.91. The summed E-state index contributed by atoms with van der Waals surface area (Å²) in [6.45, 7) is 1.43. The van der Waals surface area contributed by atoms with E-state index in [9.17, 15) is 4.79 Å². The zero-order chi connectivity index (χ0) is 8.27. The van der Waals surface area contributed by atoms with E-state index in [4.69, 9.17) is 10.5 Å². The molecule has 1 fully saturated rings. The molecule has 0 bridgehead atoms. The SMILES string of the molecule is COCN1CCCC1C(N)=O. The van der Waals surface area contributed by atoms with Gasteiger partial charge >= 0.3 is 0 Å². The Morgan fingerprint density at radius 2 is 2.55 bits per heavy atom. The van der Waals surface area contributed by atoms with Gasteiger partial charge in [-0.3, -0.25) is 9.69 Å². The minimum Gasteiger partial charge on any atom is -0.369 e. The van der Waals surface area contributed by atoms with Gasteiger partial charge in [0.15, 0.2) is 0 Å². The fourth-order valence-electron chi connectivity index (χ4n) is 1.47. The fraction of sp³-hybridized carbons (Fsp3) is 0.857. The molecule has 64 valence electrons. The first-order valence-electron chi connectivity index (χ1n) is 3.78. The minimum atomic E-state index is -0.237. The number of methoxy groups -OCH3 is 1. The van der Waals surface area contributed by atoms with E-state index >= 15 is 0 Å². The van der Waals surface area contributed by atoms with E-state index in [0.717, 1.165) is 19.4 Å². The Labute approximate surface area is 66.3 Å². The molecule has 0 aromatic heterocycles. The summed E-state index contributed by atoms with van der Waals surface area (Å²) < 4.78 is 4.92. The van der Waals surface area contributed by atoms with Crippen molar-refractivity contribution < 1.29 is 9.53 Å². The van der Waals surface area contributed by atoms with E-state index in [0.29, 0.717) is 6.73 Å². The number of nitrogens with two attached hydrogens (primary N) is 1. The highest BCUT2D eigenvalue weighted by Gasteiger charge is 2.28. The van der Waals surface area contributed by atoms with Crippen molar-refractivity contribution in [1.29, 1.82) is 0 Å². The molecule has 2 N–H and O–H groups in total. The van der Waals surface area contributed by atoms with Gasteiger partial charge in [0.25, 0.3) is 0 Å². The summed E-state index contributed by atoms with van der Waals surface area (Å²) in [6, 6.07) is -0.102. The maximum Gasteiger partial charge on any atom is 0.234 e. The molecule has 0 aromatic carbocycles. The number of hydrogen-bond acceptors (Lipinski definition) is 3. The van der Waals surface area contributed by atoms with E-state index in [1.54, 1.807) is 7.11 Å². The quantitative estimate of drug-likeness (QED) is 0.604. The molecule has 1 rings (SSSR count). The molecule has 0 saturated carbocycles. The molecule has 0 aliphatic carbocycles. The van der Waals surface area contributed by atoms with Crippen LogP contribution < -0.4 is 5.73 Å². The Balaban J connectivity index is 2.44. The van der Waals surface area contributed by atoms with Crippen molar-refractivity contribution in [3.05, 3.63) is 0 Å². The standard InChI is InChI=1S/C7H14N2O2/c1-11-5-9-4-2-3-6(9)7(8)10/h6H,2-5H2,1H3,(H2,8,10). The van der Waals surface area contributed by atoms with Gasteiger partial charge in [-0.05, 0) is 12.8 Å². The molecule has 0 spiro atoms. The summed E-state index contributed by atoms with van der Waals surface area (Å²) in [7, 11) is 1.62. The lowest BCUT2D eigenvalue weighted by molar-refractivity contribution is -0.123. The number of likely N-dealkylation sites (tertiary alicyclic amines) is 1. The van der Waals surface area contributed by atoms with Crippen molar-refractivity contribution in [3.63, 3.8) is 0 Å². The fourth-order valence-corrected chi connectivity index (χ4v) is 1.47. The normalized spacial score (nSPS) is 25.7. The van der Waals surface area contributed by atoms with Crippen LogP contribution in [-0.4, -0.2) is 37.2 Å². The molecular formula is C7H14N2O2. The van der Waals surface area contributed by atoms with Gasteiger partial charge < -0.3 is 10.5 Å². The molecule has 0 aromatic rings. The lowest BCUT2D eigenvalue weighted by Crippen LogP contribution is -2.41. The van der Waals surface area contributed by atoms with Crippen LogP contribution in [0.1, 0.15) is 12.8 Å². The van der Waals surface area contributed by atoms with E-state index in [-0.39, 0.29) is 11.9 Å². The number of rotatable bonds is 3. The van der Waals surface area contributed by atoms with Crippen LogP contribution >= 0.6 is 0 Å². The second-order valence-electron chi connectivity index (χ2n) is 2.79. The molecule has 1 heterocycles. The monoisotopic (exact) mass is 158 g/mol. The first-order chi connectivity index (χ1) is 5.25. The van der Waals surface area contributed by atoms with Crippen molar-refractivity contribution in [2.75, 3.05) is 20.4 Å². The van der Waals surface area contributed by atoms with Crippen molar-refractivity contribution in [3.8, 4) is 0 Å². The molecule has 4 nitrogen and oxygen atoms in total. The van der Waals surface area contributed by atoms with Crippen molar-refractivity contribution in [1.82, 2.24) is 4.90 Å². The number of ether oxygens (including phenoxy) is 1. The van der Waals surface area contributed by atoms with Gasteiger partial charge in [-0.25, -0.2) is 0 Å². The van der Waals surface area contributed by atoms with Crippen LogP contribution in [0.4, 0.5) is 0 Å². The molecule has 1 amide bonds. The molecule has 1 unspecified atom stereocenters. The van der Waals surface area contributed by atoms with Crippen LogP contribution in [0, 0.1) is 0 Å². The highest BCUT2D eigenvalue weighted by molar-refractivity contribution is 5.80. The molecule has 0 radical (unpaired) electrons. The van der Waals surface area contributed by atoms with Crippen molar-refractivity contribution >= 4 is 5.91 Å². The second-order valence-corrected chi connectivity index (χ2v) is 2.79. The highest BCUT2D eigenvalue weighted by Crippen LogP contribution is 2.15. The molecular weight excluding hydrogens is 144 g/mol. The number of carbonyl (C=O) groups excluding carboxylic acids is 1. The third-order valence-electron chi connectivity index (χ3n) is 1.99. The summed E-state index contributed by atoms with van der Waals surface area (Å²) >= 11 is 0. The topological polar surface area (TPSA) is 55.6 Å². The molecule has 4 heteroatoms. The lowest BCUT2D eigenvalue weighted by atomic mass is 10.2. The van der Waals surface area contributed by atoms with Gasteiger partial charge in [-0.2, -0.15) is 0 Å². The molecule has 11 heavy (non-hydrogen) atoms. The molecule has 1 aliphatic heterocycles. The summed E-state index contributed by atoms with van der Waals surface area (Å²) in [5, 5.41) is 0. The van der Waals surface area contributed by atoms with Gasteiger partial charge in [-0.1, -0.05) is 0 Å². The number of carbonyl (C=O) groups is 1. The molecule has 1 aliphatic rings. The first kappa shape index (κ1) is 8.49. The van der Waals surface area contributed by atoms with Crippen LogP contribution in [0.2, 0.25) is 0 Å². The Morgan fingerprint density at radius 1 is 1.82 bits per heavy atom. The van der Waals surface area contributed by atoms with E-state index in [1.165, 1.54) is 0 Å². The van der Waals surface area contributed by atoms with Crippen LogP contribution in [-0.2, 0) is 9.53 Å². The number of primary amides is 1. The van der Waals surface area contributed by atoms with Gasteiger partial charge in [0.1, 0.15) is 0 Å². The van der Waals surface area contributed by atoms with Crippen LogP contribution in [0.5, 0.6) is 0 Å². The smallest absolute Gasteiger partial charge is 0.234 e. The zero-order valence-electron chi connectivity index (χ0n) is 6.75. The van der Waals surface area contributed by atoms with Gasteiger partial charge in [0.2, 0.25) is 5.91 Å². The maximum absolute atomic E-state index is 10.8. The van der Waals surface area contributed by atoms with Crippen molar-refractivity contribution in [2.24, 2.45) is 5.73 Å². The number of amides is 1. The van der Waals surface area contributed by atoms with E-state index in [1.807, 2.05) is 4.90 Å². The highest BCUT2D eigenvalue weighted by atomic mass is 16.5. The van der Waals surface area contributed by atoms with Crippen LogP contribution in [0.25, 0.3) is 0 Å². The first-order valence-corrected chi connectivity index (χ1v) is 3.78. The van der Waals surface area contributed by atoms with Gasteiger partial charge in [-0.15, -0.1) is 0 Å². The van der Waals surface area contributed by atoms with E-state index in [2.05, 4.69) is 0 Å². The predicted molar refractivity (Wildman–Crippen MR) is 40.8 cm³/mol. The summed E-state index contributed by atoms with van der Waals surface area (Å²) in [5.41, 5.74) is 5.18. The van der Waals surface area contributed by atoms with E-state index < -0.39 is 0 Å². The zero-order valence-corrected chi connectivity index (χ0v) is 6.75. The Hall–Kier alpha value is -0.610. The van der Waals surface area contributed by atoms with Crippen molar-refractivity contribution in [2.45, 2.75) is 18.9 Å². The average molecular weight is 158 g/mol. The number of hydrogen-bond donors (Lipinski definition) is 1. The molecule has 1 atom stereocenters.